The number of hydrazine groups is 1. The van der Waals surface area contributed by atoms with E-state index in [0.29, 0.717) is 0 Å². The third kappa shape index (κ3) is 2.50. The van der Waals surface area contributed by atoms with Crippen LogP contribution in [0.4, 0.5) is 0 Å². The van der Waals surface area contributed by atoms with Gasteiger partial charge in [-0.15, -0.1) is 0 Å². The standard InChI is InChI=1S/C16H22N2O/c1-15(2,3)12-9-7-6-8-11(12)10-13-16(4,5)14(19)18-17-13/h6-10,17H,1-5H3,(H,18,19)/b13-10-. The maximum atomic E-state index is 11.8. The van der Waals surface area contributed by atoms with Crippen LogP contribution in [0.5, 0.6) is 0 Å². The van der Waals surface area contributed by atoms with Crippen LogP contribution in [0.25, 0.3) is 6.08 Å². The second kappa shape index (κ2) is 4.41. The molecule has 1 amide bonds. The number of benzene rings is 1. The summed E-state index contributed by atoms with van der Waals surface area (Å²) in [6, 6.07) is 8.32. The number of hydrogen-bond donors (Lipinski definition) is 2. The zero-order valence-corrected chi connectivity index (χ0v) is 12.3. The Labute approximate surface area is 115 Å². The van der Waals surface area contributed by atoms with Crippen molar-refractivity contribution in [1.82, 2.24) is 10.9 Å². The summed E-state index contributed by atoms with van der Waals surface area (Å²) in [6.45, 7) is 10.4. The van der Waals surface area contributed by atoms with Crippen LogP contribution in [-0.2, 0) is 10.2 Å². The first kappa shape index (κ1) is 13.7. The van der Waals surface area contributed by atoms with Gasteiger partial charge >= 0.3 is 0 Å². The number of nitrogens with one attached hydrogen (secondary N) is 2. The molecule has 3 heteroatoms. The minimum Gasteiger partial charge on any atom is -0.302 e. The fourth-order valence-electron chi connectivity index (χ4n) is 2.24. The van der Waals surface area contributed by atoms with E-state index in [9.17, 15) is 4.79 Å². The Hall–Kier alpha value is -1.77. The lowest BCUT2D eigenvalue weighted by molar-refractivity contribution is -0.125. The number of rotatable bonds is 1. The summed E-state index contributed by atoms with van der Waals surface area (Å²) < 4.78 is 0. The molecule has 0 atom stereocenters. The SMILES string of the molecule is CC1(C)C(=O)NN/C1=C\c1ccccc1C(C)(C)C. The molecule has 0 aromatic heterocycles. The Morgan fingerprint density at radius 2 is 1.74 bits per heavy atom. The molecule has 1 saturated heterocycles. The predicted octanol–water partition coefficient (Wildman–Crippen LogP) is 2.99. The topological polar surface area (TPSA) is 41.1 Å². The molecule has 0 saturated carbocycles. The van der Waals surface area contributed by atoms with Crippen molar-refractivity contribution in [3.05, 3.63) is 41.1 Å². The summed E-state index contributed by atoms with van der Waals surface area (Å²) in [5, 5.41) is 0. The molecule has 19 heavy (non-hydrogen) atoms. The van der Waals surface area contributed by atoms with Gasteiger partial charge in [-0.05, 0) is 36.5 Å². The molecule has 1 fully saturated rings. The van der Waals surface area contributed by atoms with Crippen molar-refractivity contribution in [2.75, 3.05) is 0 Å². The zero-order valence-electron chi connectivity index (χ0n) is 12.3. The summed E-state index contributed by atoms with van der Waals surface area (Å²) in [5.41, 5.74) is 8.58. The molecule has 2 rings (SSSR count). The lowest BCUT2D eigenvalue weighted by Gasteiger charge is -2.22. The molecule has 1 heterocycles. The van der Waals surface area contributed by atoms with Crippen molar-refractivity contribution < 1.29 is 4.79 Å². The van der Waals surface area contributed by atoms with Crippen LogP contribution in [0, 0.1) is 5.41 Å². The highest BCUT2D eigenvalue weighted by molar-refractivity contribution is 5.89. The maximum Gasteiger partial charge on any atom is 0.249 e. The van der Waals surface area contributed by atoms with E-state index in [1.807, 2.05) is 19.9 Å². The zero-order chi connectivity index (χ0) is 14.3. The summed E-state index contributed by atoms with van der Waals surface area (Å²) in [7, 11) is 0. The normalized spacial score (nSPS) is 20.3. The van der Waals surface area contributed by atoms with E-state index in [-0.39, 0.29) is 11.3 Å². The van der Waals surface area contributed by atoms with Gasteiger partial charge in [0.1, 0.15) is 0 Å². The van der Waals surface area contributed by atoms with E-state index in [0.717, 1.165) is 11.3 Å². The molecule has 2 N–H and O–H groups in total. The first-order chi connectivity index (χ1) is 8.73. The molecule has 0 unspecified atom stereocenters. The molecular weight excluding hydrogens is 236 g/mol. The summed E-state index contributed by atoms with van der Waals surface area (Å²) in [6.07, 6.45) is 2.07. The smallest absolute Gasteiger partial charge is 0.249 e. The number of amides is 1. The minimum atomic E-state index is -0.509. The average Bonchev–Trinajstić information content (AvgIpc) is 2.55. The first-order valence-corrected chi connectivity index (χ1v) is 6.61. The van der Waals surface area contributed by atoms with Crippen molar-refractivity contribution in [2.45, 2.75) is 40.0 Å². The molecule has 0 bridgehead atoms. The molecule has 1 aromatic rings. The van der Waals surface area contributed by atoms with Crippen molar-refractivity contribution in [1.29, 1.82) is 0 Å². The van der Waals surface area contributed by atoms with Crippen LogP contribution in [0.3, 0.4) is 0 Å². The van der Waals surface area contributed by atoms with Gasteiger partial charge in [-0.1, -0.05) is 45.0 Å². The van der Waals surface area contributed by atoms with Gasteiger partial charge in [-0.3, -0.25) is 10.2 Å². The molecule has 0 spiro atoms. The lowest BCUT2D eigenvalue weighted by atomic mass is 9.82. The maximum absolute atomic E-state index is 11.8. The Morgan fingerprint density at radius 3 is 2.26 bits per heavy atom. The number of carbonyl (C=O) groups is 1. The van der Waals surface area contributed by atoms with Gasteiger partial charge in [0, 0.05) is 5.70 Å². The van der Waals surface area contributed by atoms with E-state index in [2.05, 4.69) is 55.9 Å². The second-order valence-electron chi connectivity index (χ2n) is 6.60. The number of hydrogen-bond acceptors (Lipinski definition) is 2. The van der Waals surface area contributed by atoms with Gasteiger partial charge in [0.15, 0.2) is 0 Å². The largest absolute Gasteiger partial charge is 0.302 e. The average molecular weight is 258 g/mol. The van der Waals surface area contributed by atoms with Crippen molar-refractivity contribution >= 4 is 12.0 Å². The fraction of sp³-hybridized carbons (Fsp3) is 0.438. The molecular formula is C16H22N2O. The molecule has 3 nitrogen and oxygen atoms in total. The van der Waals surface area contributed by atoms with Gasteiger partial charge in [-0.2, -0.15) is 0 Å². The van der Waals surface area contributed by atoms with Crippen LogP contribution in [-0.4, -0.2) is 5.91 Å². The van der Waals surface area contributed by atoms with Gasteiger partial charge in [-0.25, -0.2) is 0 Å². The quantitative estimate of drug-likeness (QED) is 0.813. The van der Waals surface area contributed by atoms with E-state index in [1.165, 1.54) is 5.56 Å². The number of carbonyl (C=O) groups excluding carboxylic acids is 1. The summed E-state index contributed by atoms with van der Waals surface area (Å²) in [5.74, 6) is 0.00647. The van der Waals surface area contributed by atoms with Gasteiger partial charge in [0.05, 0.1) is 5.41 Å². The Bertz CT molecular complexity index is 536. The van der Waals surface area contributed by atoms with Crippen LogP contribution in [0.2, 0.25) is 0 Å². The predicted molar refractivity (Wildman–Crippen MR) is 78.2 cm³/mol. The van der Waals surface area contributed by atoms with E-state index in [1.54, 1.807) is 0 Å². The van der Waals surface area contributed by atoms with E-state index >= 15 is 0 Å². The Morgan fingerprint density at radius 1 is 1.11 bits per heavy atom. The van der Waals surface area contributed by atoms with Gasteiger partial charge in [0.25, 0.3) is 0 Å². The Kier molecular flexibility index (Phi) is 3.17. The summed E-state index contributed by atoms with van der Waals surface area (Å²) in [4.78, 5) is 11.8. The third-order valence-corrected chi connectivity index (χ3v) is 3.62. The molecule has 0 radical (unpaired) electrons. The molecule has 102 valence electrons. The second-order valence-corrected chi connectivity index (χ2v) is 6.60. The van der Waals surface area contributed by atoms with Crippen molar-refractivity contribution in [3.63, 3.8) is 0 Å². The monoisotopic (exact) mass is 258 g/mol. The van der Waals surface area contributed by atoms with E-state index < -0.39 is 5.41 Å². The Balaban J connectivity index is 2.48. The fourth-order valence-corrected chi connectivity index (χ4v) is 2.24. The highest BCUT2D eigenvalue weighted by Gasteiger charge is 2.38. The third-order valence-electron chi connectivity index (χ3n) is 3.62. The van der Waals surface area contributed by atoms with Crippen LogP contribution in [0.1, 0.15) is 45.7 Å². The summed E-state index contributed by atoms with van der Waals surface area (Å²) >= 11 is 0. The molecule has 1 aromatic carbocycles. The first-order valence-electron chi connectivity index (χ1n) is 6.61. The van der Waals surface area contributed by atoms with Crippen molar-refractivity contribution in [3.8, 4) is 0 Å². The van der Waals surface area contributed by atoms with Crippen molar-refractivity contribution in [2.24, 2.45) is 5.41 Å². The lowest BCUT2D eigenvalue weighted by Crippen LogP contribution is -2.28. The van der Waals surface area contributed by atoms with Crippen LogP contribution < -0.4 is 10.9 Å². The minimum absolute atomic E-state index is 0.00647. The van der Waals surface area contributed by atoms with E-state index in [4.69, 9.17) is 0 Å². The molecule has 1 aliphatic heterocycles. The molecule has 0 aliphatic carbocycles. The highest BCUT2D eigenvalue weighted by atomic mass is 16.2. The van der Waals surface area contributed by atoms with Gasteiger partial charge < -0.3 is 5.43 Å². The molecule has 1 aliphatic rings. The van der Waals surface area contributed by atoms with Gasteiger partial charge in [0.2, 0.25) is 5.91 Å². The van der Waals surface area contributed by atoms with Crippen LogP contribution >= 0.6 is 0 Å². The van der Waals surface area contributed by atoms with Crippen LogP contribution in [0.15, 0.2) is 30.0 Å². The highest BCUT2D eigenvalue weighted by Crippen LogP contribution is 2.32.